The van der Waals surface area contributed by atoms with Crippen LogP contribution in [0.2, 0.25) is 0 Å². The van der Waals surface area contributed by atoms with Crippen molar-refractivity contribution in [3.63, 3.8) is 0 Å². The van der Waals surface area contributed by atoms with Gasteiger partial charge in [0.05, 0.1) is 0 Å². The quantitative estimate of drug-likeness (QED) is 0.693. The lowest BCUT2D eigenvalue weighted by Gasteiger charge is -2.26. The Bertz CT molecular complexity index is 383. The zero-order chi connectivity index (χ0) is 14.9. The molecule has 4 heteroatoms. The Morgan fingerprint density at radius 2 is 1.86 bits per heavy atom. The smallest absolute Gasteiger partial charge is 0.226 e. The Morgan fingerprint density at radius 3 is 2.57 bits per heavy atom. The maximum absolute atomic E-state index is 5.50. The Labute approximate surface area is 128 Å². The summed E-state index contributed by atoms with van der Waals surface area (Å²) in [6.45, 7) is 3.08. The van der Waals surface area contributed by atoms with Gasteiger partial charge in [-0.25, -0.2) is 0 Å². The van der Waals surface area contributed by atoms with Crippen LogP contribution >= 0.6 is 0 Å². The van der Waals surface area contributed by atoms with E-state index in [0.717, 1.165) is 43.4 Å². The van der Waals surface area contributed by atoms with Crippen LogP contribution in [0.4, 0.5) is 0 Å². The van der Waals surface area contributed by atoms with E-state index in [-0.39, 0.29) is 0 Å². The molecular weight excluding hydrogens is 262 g/mol. The molecule has 0 aromatic carbocycles. The molecule has 0 unspecified atom stereocenters. The summed E-state index contributed by atoms with van der Waals surface area (Å²) in [5, 5.41) is 4.22. The van der Waals surface area contributed by atoms with Crippen LogP contribution in [-0.4, -0.2) is 16.7 Å². The molecule has 120 valence electrons. The lowest BCUT2D eigenvalue weighted by Crippen LogP contribution is -2.14. The first-order valence-electron chi connectivity index (χ1n) is 8.86. The lowest BCUT2D eigenvalue weighted by atomic mass is 9.80. The van der Waals surface area contributed by atoms with Crippen molar-refractivity contribution in [2.75, 3.05) is 6.54 Å². The van der Waals surface area contributed by atoms with E-state index < -0.39 is 0 Å². The van der Waals surface area contributed by atoms with E-state index in [1.807, 2.05) is 0 Å². The number of nitrogens with two attached hydrogens (primary N) is 1. The maximum atomic E-state index is 5.50. The van der Waals surface area contributed by atoms with Crippen molar-refractivity contribution in [1.82, 2.24) is 10.1 Å². The molecule has 0 bridgehead atoms. The molecule has 1 aromatic rings. The highest BCUT2D eigenvalue weighted by Crippen LogP contribution is 2.36. The molecule has 0 radical (unpaired) electrons. The summed E-state index contributed by atoms with van der Waals surface area (Å²) in [7, 11) is 0. The van der Waals surface area contributed by atoms with Gasteiger partial charge in [-0.3, -0.25) is 0 Å². The predicted molar refractivity (Wildman–Crippen MR) is 85.1 cm³/mol. The Balaban J connectivity index is 1.70. The molecule has 1 saturated carbocycles. The van der Waals surface area contributed by atoms with Crippen molar-refractivity contribution >= 4 is 0 Å². The molecule has 4 nitrogen and oxygen atoms in total. The van der Waals surface area contributed by atoms with E-state index in [4.69, 9.17) is 10.3 Å². The molecule has 0 atom stereocenters. The molecule has 2 N–H and O–H groups in total. The average molecular weight is 293 g/mol. The van der Waals surface area contributed by atoms with Gasteiger partial charge in [-0.2, -0.15) is 4.98 Å². The van der Waals surface area contributed by atoms with Crippen LogP contribution in [0.5, 0.6) is 0 Å². The number of rotatable bonds is 9. The van der Waals surface area contributed by atoms with Crippen molar-refractivity contribution in [2.45, 2.75) is 83.5 Å². The summed E-state index contributed by atoms with van der Waals surface area (Å²) in [5.74, 6) is 3.25. The third-order valence-corrected chi connectivity index (χ3v) is 4.74. The van der Waals surface area contributed by atoms with E-state index in [2.05, 4.69) is 17.1 Å². The summed E-state index contributed by atoms with van der Waals surface area (Å²) in [6.07, 6.45) is 13.4. The number of aryl methyl sites for hydroxylation is 1. The van der Waals surface area contributed by atoms with Crippen LogP contribution in [0, 0.1) is 5.92 Å². The van der Waals surface area contributed by atoms with Crippen molar-refractivity contribution < 1.29 is 4.52 Å². The Kier molecular flexibility index (Phi) is 7.20. The van der Waals surface area contributed by atoms with Gasteiger partial charge in [0.2, 0.25) is 5.89 Å². The van der Waals surface area contributed by atoms with Gasteiger partial charge >= 0.3 is 0 Å². The molecule has 0 amide bonds. The van der Waals surface area contributed by atoms with E-state index in [9.17, 15) is 0 Å². The molecule has 0 spiro atoms. The van der Waals surface area contributed by atoms with Crippen molar-refractivity contribution in [2.24, 2.45) is 11.7 Å². The molecule has 2 rings (SSSR count). The van der Waals surface area contributed by atoms with Gasteiger partial charge in [0, 0.05) is 12.3 Å². The van der Waals surface area contributed by atoms with Crippen LogP contribution < -0.4 is 5.73 Å². The van der Waals surface area contributed by atoms with Gasteiger partial charge in [-0.1, -0.05) is 37.8 Å². The molecule has 21 heavy (non-hydrogen) atoms. The fourth-order valence-electron chi connectivity index (χ4n) is 3.43. The van der Waals surface area contributed by atoms with Gasteiger partial charge in [0.15, 0.2) is 5.82 Å². The minimum Gasteiger partial charge on any atom is -0.339 e. The van der Waals surface area contributed by atoms with Gasteiger partial charge in [0.1, 0.15) is 0 Å². The second-order valence-electron chi connectivity index (χ2n) is 6.51. The van der Waals surface area contributed by atoms with E-state index in [1.54, 1.807) is 0 Å². The average Bonchev–Trinajstić information content (AvgIpc) is 2.97. The van der Waals surface area contributed by atoms with Crippen molar-refractivity contribution in [3.8, 4) is 0 Å². The molecule has 1 aliphatic rings. The number of hydrogen-bond donors (Lipinski definition) is 1. The molecule has 1 aliphatic carbocycles. The van der Waals surface area contributed by atoms with E-state index in [1.165, 1.54) is 51.4 Å². The van der Waals surface area contributed by atoms with Gasteiger partial charge in [0.25, 0.3) is 0 Å². The third-order valence-electron chi connectivity index (χ3n) is 4.74. The lowest BCUT2D eigenvalue weighted by molar-refractivity contribution is 0.294. The Hall–Kier alpha value is -0.900. The first-order chi connectivity index (χ1) is 10.3. The molecule has 1 aromatic heterocycles. The van der Waals surface area contributed by atoms with Gasteiger partial charge in [-0.05, 0) is 51.0 Å². The second-order valence-corrected chi connectivity index (χ2v) is 6.51. The van der Waals surface area contributed by atoms with Crippen LogP contribution in [0.15, 0.2) is 4.52 Å². The summed E-state index contributed by atoms with van der Waals surface area (Å²) in [5.41, 5.74) is 5.50. The van der Waals surface area contributed by atoms with Gasteiger partial charge in [-0.15, -0.1) is 0 Å². The van der Waals surface area contributed by atoms with E-state index in [0.29, 0.717) is 5.92 Å². The minimum absolute atomic E-state index is 0.535. The summed E-state index contributed by atoms with van der Waals surface area (Å²) < 4.78 is 5.41. The fraction of sp³-hybridized carbons (Fsp3) is 0.882. The molecule has 0 saturated heterocycles. The first-order valence-corrected chi connectivity index (χ1v) is 8.86. The zero-order valence-electron chi connectivity index (χ0n) is 13.5. The highest BCUT2D eigenvalue weighted by atomic mass is 16.5. The molecule has 0 aliphatic heterocycles. The zero-order valence-corrected chi connectivity index (χ0v) is 13.5. The number of aromatic nitrogens is 2. The second kappa shape index (κ2) is 9.19. The minimum atomic E-state index is 0.535. The van der Waals surface area contributed by atoms with Crippen LogP contribution in [0.25, 0.3) is 0 Å². The van der Waals surface area contributed by atoms with Crippen molar-refractivity contribution in [1.29, 1.82) is 0 Å². The van der Waals surface area contributed by atoms with Gasteiger partial charge < -0.3 is 10.3 Å². The van der Waals surface area contributed by atoms with Crippen LogP contribution in [-0.2, 0) is 6.42 Å². The number of nitrogens with zero attached hydrogens (tertiary/aromatic N) is 2. The fourth-order valence-corrected chi connectivity index (χ4v) is 3.43. The molecule has 1 fully saturated rings. The topological polar surface area (TPSA) is 64.9 Å². The SMILES string of the molecule is CCCC1CCC(c2noc(CCCCCCN)n2)CC1. The largest absolute Gasteiger partial charge is 0.339 e. The summed E-state index contributed by atoms with van der Waals surface area (Å²) >= 11 is 0. The highest BCUT2D eigenvalue weighted by molar-refractivity contribution is 4.97. The van der Waals surface area contributed by atoms with Crippen LogP contribution in [0.1, 0.15) is 88.8 Å². The third kappa shape index (κ3) is 5.42. The monoisotopic (exact) mass is 293 g/mol. The Morgan fingerprint density at radius 1 is 1.10 bits per heavy atom. The number of hydrogen-bond acceptors (Lipinski definition) is 4. The summed E-state index contributed by atoms with van der Waals surface area (Å²) in [6, 6.07) is 0. The molecule has 1 heterocycles. The first kappa shape index (κ1) is 16.5. The standard InChI is InChI=1S/C17H31N3O/c1-2-7-14-9-11-15(12-10-14)17-19-16(21-20-17)8-5-3-4-6-13-18/h14-15H,2-13,18H2,1H3. The molecular formula is C17H31N3O. The van der Waals surface area contributed by atoms with Crippen LogP contribution in [0.3, 0.4) is 0 Å². The van der Waals surface area contributed by atoms with E-state index >= 15 is 0 Å². The maximum Gasteiger partial charge on any atom is 0.226 e. The normalized spacial score (nSPS) is 22.6. The van der Waals surface area contributed by atoms with Crippen molar-refractivity contribution in [3.05, 3.63) is 11.7 Å². The summed E-state index contributed by atoms with van der Waals surface area (Å²) in [4.78, 5) is 4.62. The number of unbranched alkanes of at least 4 members (excludes halogenated alkanes) is 3. The highest BCUT2D eigenvalue weighted by Gasteiger charge is 2.25. The predicted octanol–water partition coefficient (Wildman–Crippen LogP) is 4.21.